The zero-order valence-electron chi connectivity index (χ0n) is 10.5. The minimum absolute atomic E-state index is 0.0266. The van der Waals surface area contributed by atoms with Gasteiger partial charge in [0.05, 0.1) is 12.7 Å². The van der Waals surface area contributed by atoms with Gasteiger partial charge in [0.15, 0.2) is 5.76 Å². The minimum atomic E-state index is -1.21. The predicted molar refractivity (Wildman–Crippen MR) is 66.8 cm³/mol. The second kappa shape index (κ2) is 4.97. The lowest BCUT2D eigenvalue weighted by molar-refractivity contribution is 0.0660. The molecule has 5 heteroatoms. The molecule has 5 nitrogen and oxygen atoms in total. The fourth-order valence-corrected chi connectivity index (χ4v) is 1.71. The van der Waals surface area contributed by atoms with E-state index in [-0.39, 0.29) is 11.5 Å². The van der Waals surface area contributed by atoms with E-state index < -0.39 is 11.8 Å². The van der Waals surface area contributed by atoms with E-state index in [1.165, 1.54) is 19.2 Å². The molecule has 98 valence electrons. The molecule has 0 saturated carbocycles. The molecule has 1 N–H and O–H groups in total. The van der Waals surface area contributed by atoms with Crippen LogP contribution in [0, 0.1) is 6.92 Å². The van der Waals surface area contributed by atoms with E-state index in [4.69, 9.17) is 14.3 Å². The van der Waals surface area contributed by atoms with E-state index >= 15 is 0 Å². The van der Waals surface area contributed by atoms with Gasteiger partial charge in [-0.1, -0.05) is 11.6 Å². The topological polar surface area (TPSA) is 76.7 Å². The van der Waals surface area contributed by atoms with Crippen LogP contribution < -0.4 is 4.74 Å². The molecule has 0 fully saturated rings. The third-order valence-electron chi connectivity index (χ3n) is 2.64. The van der Waals surface area contributed by atoms with Gasteiger partial charge in [0.25, 0.3) is 0 Å². The van der Waals surface area contributed by atoms with Crippen LogP contribution in [0.3, 0.4) is 0 Å². The van der Waals surface area contributed by atoms with Crippen molar-refractivity contribution in [3.8, 4) is 5.75 Å². The molecule has 1 heterocycles. The molecule has 1 aromatic carbocycles. The highest BCUT2D eigenvalue weighted by Crippen LogP contribution is 2.23. The Hall–Kier alpha value is -2.56. The number of benzene rings is 1. The van der Waals surface area contributed by atoms with Crippen LogP contribution >= 0.6 is 0 Å². The highest BCUT2D eigenvalue weighted by molar-refractivity contribution is 6.09. The largest absolute Gasteiger partial charge is 0.496 e. The van der Waals surface area contributed by atoms with Crippen LogP contribution in [0.5, 0.6) is 5.75 Å². The number of aryl methyl sites for hydroxylation is 1. The Balaban J connectivity index is 2.43. The molecule has 0 saturated heterocycles. The van der Waals surface area contributed by atoms with Gasteiger partial charge in [-0.3, -0.25) is 4.79 Å². The van der Waals surface area contributed by atoms with Crippen LogP contribution in [-0.4, -0.2) is 24.0 Å². The molecule has 0 spiro atoms. The first kappa shape index (κ1) is 12.9. The van der Waals surface area contributed by atoms with Gasteiger partial charge in [-0.15, -0.1) is 0 Å². The summed E-state index contributed by atoms with van der Waals surface area (Å²) in [7, 11) is 1.46. The number of hydrogen-bond donors (Lipinski definition) is 1. The lowest BCUT2D eigenvalue weighted by Crippen LogP contribution is -2.03. The summed E-state index contributed by atoms with van der Waals surface area (Å²) in [6.45, 7) is 1.85. The van der Waals surface area contributed by atoms with E-state index in [1.54, 1.807) is 12.1 Å². The number of carbonyl (C=O) groups is 2. The van der Waals surface area contributed by atoms with Gasteiger partial charge in [0.2, 0.25) is 11.5 Å². The number of rotatable bonds is 4. The number of carboxylic acid groups (broad SMARTS) is 1. The molecular formula is C14H12O5. The van der Waals surface area contributed by atoms with E-state index in [0.717, 1.165) is 5.56 Å². The van der Waals surface area contributed by atoms with Crippen molar-refractivity contribution in [3.63, 3.8) is 0 Å². The quantitative estimate of drug-likeness (QED) is 0.855. The molecule has 0 atom stereocenters. The maximum Gasteiger partial charge on any atom is 0.371 e. The van der Waals surface area contributed by atoms with Crippen LogP contribution in [0.2, 0.25) is 0 Å². The van der Waals surface area contributed by atoms with Crippen molar-refractivity contribution in [2.45, 2.75) is 6.92 Å². The van der Waals surface area contributed by atoms with Crippen LogP contribution in [0.1, 0.15) is 32.2 Å². The van der Waals surface area contributed by atoms with E-state index in [9.17, 15) is 9.59 Å². The molecule has 0 unspecified atom stereocenters. The van der Waals surface area contributed by atoms with Crippen LogP contribution in [0.15, 0.2) is 34.7 Å². The molecule has 0 radical (unpaired) electrons. The Kier molecular flexibility index (Phi) is 3.37. The summed E-state index contributed by atoms with van der Waals surface area (Å²) in [6.07, 6.45) is 0. The number of methoxy groups -OCH3 is 1. The van der Waals surface area contributed by atoms with Crippen molar-refractivity contribution in [2.75, 3.05) is 7.11 Å². The van der Waals surface area contributed by atoms with Gasteiger partial charge in [0.1, 0.15) is 5.75 Å². The Morgan fingerprint density at radius 3 is 2.42 bits per heavy atom. The number of hydrogen-bond acceptors (Lipinski definition) is 4. The highest BCUT2D eigenvalue weighted by Gasteiger charge is 2.19. The molecular weight excluding hydrogens is 248 g/mol. The third kappa shape index (κ3) is 2.49. The molecule has 0 aliphatic heterocycles. The van der Waals surface area contributed by atoms with E-state index in [1.807, 2.05) is 13.0 Å². The highest BCUT2D eigenvalue weighted by atomic mass is 16.5. The van der Waals surface area contributed by atoms with Crippen molar-refractivity contribution in [1.29, 1.82) is 0 Å². The molecule has 2 aromatic rings. The number of carboxylic acids is 1. The second-order valence-corrected chi connectivity index (χ2v) is 4.00. The first-order valence-corrected chi connectivity index (χ1v) is 5.55. The first-order chi connectivity index (χ1) is 9.02. The normalized spacial score (nSPS) is 10.2. The summed E-state index contributed by atoms with van der Waals surface area (Å²) < 4.78 is 10.1. The van der Waals surface area contributed by atoms with Gasteiger partial charge in [-0.2, -0.15) is 0 Å². The minimum Gasteiger partial charge on any atom is -0.496 e. The summed E-state index contributed by atoms with van der Waals surface area (Å²) in [4.78, 5) is 23.0. The molecule has 0 bridgehead atoms. The molecule has 2 rings (SSSR count). The fourth-order valence-electron chi connectivity index (χ4n) is 1.71. The number of ketones is 1. The van der Waals surface area contributed by atoms with Gasteiger partial charge >= 0.3 is 5.97 Å². The number of ether oxygens (including phenoxy) is 1. The lowest BCUT2D eigenvalue weighted by Gasteiger charge is -2.07. The van der Waals surface area contributed by atoms with E-state index in [0.29, 0.717) is 11.3 Å². The molecule has 19 heavy (non-hydrogen) atoms. The summed E-state index contributed by atoms with van der Waals surface area (Å²) in [5, 5.41) is 8.77. The number of carbonyl (C=O) groups excluding carboxylic acids is 1. The monoisotopic (exact) mass is 260 g/mol. The van der Waals surface area contributed by atoms with Crippen LogP contribution in [0.4, 0.5) is 0 Å². The standard InChI is InChI=1S/C14H12O5/c1-8-3-4-10(18-2)9(7-8)13(15)11-5-6-12(19-11)14(16)17/h3-7H,1-2H3,(H,16,17). The fraction of sp³-hybridized carbons (Fsp3) is 0.143. The third-order valence-corrected chi connectivity index (χ3v) is 2.64. The first-order valence-electron chi connectivity index (χ1n) is 5.55. The van der Waals surface area contributed by atoms with Crippen molar-refractivity contribution in [3.05, 3.63) is 53.0 Å². The number of furan rings is 1. The molecule has 1 aromatic heterocycles. The summed E-state index contributed by atoms with van der Waals surface area (Å²) in [5.74, 6) is -1.50. The molecule has 0 aliphatic carbocycles. The van der Waals surface area contributed by atoms with Crippen molar-refractivity contribution >= 4 is 11.8 Å². The summed E-state index contributed by atoms with van der Waals surface area (Å²) >= 11 is 0. The van der Waals surface area contributed by atoms with Crippen molar-refractivity contribution < 1.29 is 23.8 Å². The Labute approximate surface area is 109 Å². The maximum absolute atomic E-state index is 12.2. The van der Waals surface area contributed by atoms with Crippen LogP contribution in [0.25, 0.3) is 0 Å². The SMILES string of the molecule is COc1ccc(C)cc1C(=O)c1ccc(C(=O)O)o1. The summed E-state index contributed by atoms with van der Waals surface area (Å²) in [5.41, 5.74) is 1.24. The predicted octanol–water partition coefficient (Wildman–Crippen LogP) is 2.53. The summed E-state index contributed by atoms with van der Waals surface area (Å²) in [6, 6.07) is 7.76. The Morgan fingerprint density at radius 1 is 1.16 bits per heavy atom. The zero-order valence-corrected chi connectivity index (χ0v) is 10.5. The van der Waals surface area contributed by atoms with E-state index in [2.05, 4.69) is 0 Å². The lowest BCUT2D eigenvalue weighted by atomic mass is 10.1. The van der Waals surface area contributed by atoms with Gasteiger partial charge in [-0.05, 0) is 31.2 Å². The van der Waals surface area contributed by atoms with Crippen molar-refractivity contribution in [2.24, 2.45) is 0 Å². The maximum atomic E-state index is 12.2. The Morgan fingerprint density at radius 2 is 1.84 bits per heavy atom. The second-order valence-electron chi connectivity index (χ2n) is 4.00. The Bertz CT molecular complexity index is 639. The van der Waals surface area contributed by atoms with Gasteiger partial charge in [-0.25, -0.2) is 4.79 Å². The van der Waals surface area contributed by atoms with Crippen LogP contribution in [-0.2, 0) is 0 Å². The average Bonchev–Trinajstić information content (AvgIpc) is 2.87. The van der Waals surface area contributed by atoms with Crippen molar-refractivity contribution in [1.82, 2.24) is 0 Å². The van der Waals surface area contributed by atoms with Gasteiger partial charge < -0.3 is 14.3 Å². The number of aromatic carboxylic acids is 1. The smallest absolute Gasteiger partial charge is 0.371 e. The average molecular weight is 260 g/mol. The van der Waals surface area contributed by atoms with Gasteiger partial charge in [0, 0.05) is 0 Å². The molecule has 0 aliphatic rings. The zero-order chi connectivity index (χ0) is 14.0. The molecule has 0 amide bonds.